The molecule has 1 fully saturated rings. The third kappa shape index (κ3) is 3.67. The highest BCUT2D eigenvalue weighted by Gasteiger charge is 2.26. The smallest absolute Gasteiger partial charge is 0.409 e. The van der Waals surface area contributed by atoms with E-state index in [0.29, 0.717) is 6.04 Å². The molecule has 1 heterocycles. The molecule has 1 aliphatic heterocycles. The van der Waals surface area contributed by atoms with Crippen molar-refractivity contribution in [1.29, 1.82) is 0 Å². The topological polar surface area (TPSA) is 41.6 Å². The Hall–Kier alpha value is -0.770. The van der Waals surface area contributed by atoms with Crippen LogP contribution in [0, 0.1) is 5.92 Å². The molecule has 1 saturated heterocycles. The fraction of sp³-hybridized carbons (Fsp3) is 0.917. The quantitative estimate of drug-likeness (QED) is 0.781. The maximum Gasteiger partial charge on any atom is 0.409 e. The molecule has 1 aliphatic rings. The Balaban J connectivity index is 2.23. The van der Waals surface area contributed by atoms with Crippen molar-refractivity contribution in [3.63, 3.8) is 0 Å². The van der Waals surface area contributed by atoms with E-state index < -0.39 is 0 Å². The molecule has 16 heavy (non-hydrogen) atoms. The lowest BCUT2D eigenvalue weighted by molar-refractivity contribution is 0.132. The Morgan fingerprint density at radius 2 is 2.19 bits per heavy atom. The summed E-state index contributed by atoms with van der Waals surface area (Å²) in [5.41, 5.74) is 0. The second-order valence-electron chi connectivity index (χ2n) is 4.49. The van der Waals surface area contributed by atoms with E-state index in [2.05, 4.69) is 19.2 Å². The summed E-state index contributed by atoms with van der Waals surface area (Å²) in [7, 11) is 1.44. The standard InChI is InChI=1S/C12H24N2O2/c1-4-10(5-2)8-13-11-6-7-14(9-11)12(15)16-3/h10-11,13H,4-9H2,1-3H3/t11-/m1/s1. The Kier molecular flexibility index (Phi) is 5.60. The lowest BCUT2D eigenvalue weighted by Crippen LogP contribution is -2.37. The molecule has 0 aromatic heterocycles. The number of hydrogen-bond donors (Lipinski definition) is 1. The molecule has 4 heteroatoms. The zero-order valence-electron chi connectivity index (χ0n) is 10.7. The Morgan fingerprint density at radius 3 is 2.75 bits per heavy atom. The van der Waals surface area contributed by atoms with Gasteiger partial charge in [0.05, 0.1) is 7.11 Å². The van der Waals surface area contributed by atoms with Crippen molar-refractivity contribution in [3.05, 3.63) is 0 Å². The van der Waals surface area contributed by atoms with Crippen molar-refractivity contribution in [3.8, 4) is 0 Å². The average Bonchev–Trinajstić information content (AvgIpc) is 2.78. The van der Waals surface area contributed by atoms with E-state index in [9.17, 15) is 4.79 Å². The van der Waals surface area contributed by atoms with Crippen LogP contribution in [0.1, 0.15) is 33.1 Å². The van der Waals surface area contributed by atoms with Gasteiger partial charge in [0.1, 0.15) is 0 Å². The molecule has 4 nitrogen and oxygen atoms in total. The number of ether oxygens (including phenoxy) is 1. The van der Waals surface area contributed by atoms with E-state index >= 15 is 0 Å². The lowest BCUT2D eigenvalue weighted by Gasteiger charge is -2.18. The zero-order valence-corrected chi connectivity index (χ0v) is 10.7. The summed E-state index contributed by atoms with van der Waals surface area (Å²) >= 11 is 0. The fourth-order valence-electron chi connectivity index (χ4n) is 2.13. The molecular formula is C12H24N2O2. The number of amides is 1. The van der Waals surface area contributed by atoms with Crippen LogP contribution in [0.5, 0.6) is 0 Å². The number of nitrogens with one attached hydrogen (secondary N) is 1. The molecule has 0 bridgehead atoms. The molecule has 0 unspecified atom stereocenters. The highest BCUT2D eigenvalue weighted by molar-refractivity contribution is 5.67. The van der Waals surface area contributed by atoms with Crippen molar-refractivity contribution < 1.29 is 9.53 Å². The fourth-order valence-corrected chi connectivity index (χ4v) is 2.13. The van der Waals surface area contributed by atoms with Gasteiger partial charge in [-0.25, -0.2) is 4.79 Å². The van der Waals surface area contributed by atoms with Gasteiger partial charge < -0.3 is 15.0 Å². The number of methoxy groups -OCH3 is 1. The molecule has 1 N–H and O–H groups in total. The molecule has 94 valence electrons. The average molecular weight is 228 g/mol. The first kappa shape index (κ1) is 13.3. The molecule has 1 amide bonds. The van der Waals surface area contributed by atoms with E-state index in [1.807, 2.05) is 0 Å². The molecule has 1 rings (SSSR count). The summed E-state index contributed by atoms with van der Waals surface area (Å²) < 4.78 is 4.71. The summed E-state index contributed by atoms with van der Waals surface area (Å²) in [5.74, 6) is 0.757. The summed E-state index contributed by atoms with van der Waals surface area (Å²) in [6, 6.07) is 0.444. The summed E-state index contributed by atoms with van der Waals surface area (Å²) in [5, 5.41) is 3.54. The highest BCUT2D eigenvalue weighted by atomic mass is 16.5. The van der Waals surface area contributed by atoms with Crippen LogP contribution in [0.15, 0.2) is 0 Å². The van der Waals surface area contributed by atoms with Gasteiger partial charge in [0.2, 0.25) is 0 Å². The molecule has 0 radical (unpaired) electrons. The largest absolute Gasteiger partial charge is 0.453 e. The van der Waals surface area contributed by atoms with Crippen molar-refractivity contribution in [2.24, 2.45) is 5.92 Å². The van der Waals surface area contributed by atoms with E-state index in [-0.39, 0.29) is 6.09 Å². The predicted molar refractivity (Wildman–Crippen MR) is 64.5 cm³/mol. The summed E-state index contributed by atoms with van der Waals surface area (Å²) in [4.78, 5) is 13.1. The minimum atomic E-state index is -0.202. The summed E-state index contributed by atoms with van der Waals surface area (Å²) in [6.45, 7) is 7.11. The first-order chi connectivity index (χ1) is 7.71. The predicted octanol–water partition coefficient (Wildman–Crippen LogP) is 1.85. The van der Waals surface area contributed by atoms with E-state index in [0.717, 1.165) is 32.0 Å². The van der Waals surface area contributed by atoms with Crippen LogP contribution in [0.25, 0.3) is 0 Å². The molecule has 0 aromatic carbocycles. The van der Waals surface area contributed by atoms with Gasteiger partial charge in [-0.15, -0.1) is 0 Å². The van der Waals surface area contributed by atoms with Crippen LogP contribution in [0.2, 0.25) is 0 Å². The van der Waals surface area contributed by atoms with Crippen LogP contribution >= 0.6 is 0 Å². The molecule has 1 atom stereocenters. The molecule has 0 aromatic rings. The second kappa shape index (κ2) is 6.74. The molecule has 0 spiro atoms. The van der Waals surface area contributed by atoms with Gasteiger partial charge in [-0.1, -0.05) is 26.7 Å². The number of hydrogen-bond acceptors (Lipinski definition) is 3. The minimum absolute atomic E-state index is 0.202. The molecule has 0 aliphatic carbocycles. The lowest BCUT2D eigenvalue weighted by atomic mass is 10.0. The maximum absolute atomic E-state index is 11.3. The number of carbonyl (C=O) groups is 1. The van der Waals surface area contributed by atoms with Gasteiger partial charge in [0.25, 0.3) is 0 Å². The third-order valence-electron chi connectivity index (χ3n) is 3.47. The number of rotatable bonds is 5. The maximum atomic E-state index is 11.3. The van der Waals surface area contributed by atoms with Crippen molar-refractivity contribution >= 4 is 6.09 Å². The van der Waals surface area contributed by atoms with Crippen LogP contribution in [0.4, 0.5) is 4.79 Å². The van der Waals surface area contributed by atoms with Gasteiger partial charge in [0, 0.05) is 19.1 Å². The van der Waals surface area contributed by atoms with Gasteiger partial charge >= 0.3 is 6.09 Å². The zero-order chi connectivity index (χ0) is 12.0. The number of nitrogens with zero attached hydrogens (tertiary/aromatic N) is 1. The van der Waals surface area contributed by atoms with Crippen LogP contribution in [-0.2, 0) is 4.74 Å². The number of likely N-dealkylation sites (tertiary alicyclic amines) is 1. The first-order valence-electron chi connectivity index (χ1n) is 6.27. The van der Waals surface area contributed by atoms with E-state index in [4.69, 9.17) is 4.74 Å². The Labute approximate surface area is 98.3 Å². The minimum Gasteiger partial charge on any atom is -0.453 e. The van der Waals surface area contributed by atoms with Crippen LogP contribution in [-0.4, -0.2) is 43.8 Å². The van der Waals surface area contributed by atoms with Crippen LogP contribution in [0.3, 0.4) is 0 Å². The SMILES string of the molecule is CCC(CC)CN[C@@H]1CCN(C(=O)OC)C1. The van der Waals surface area contributed by atoms with Gasteiger partial charge in [-0.05, 0) is 18.9 Å². The monoisotopic (exact) mass is 228 g/mol. The molecule has 0 saturated carbocycles. The Bertz CT molecular complexity index is 217. The van der Waals surface area contributed by atoms with Gasteiger partial charge in [0.15, 0.2) is 0 Å². The summed E-state index contributed by atoms with van der Waals surface area (Å²) in [6.07, 6.45) is 3.27. The first-order valence-corrected chi connectivity index (χ1v) is 6.27. The van der Waals surface area contributed by atoms with E-state index in [1.54, 1.807) is 4.90 Å². The highest BCUT2D eigenvalue weighted by Crippen LogP contribution is 2.12. The number of carbonyl (C=O) groups excluding carboxylic acids is 1. The van der Waals surface area contributed by atoms with Crippen molar-refractivity contribution in [1.82, 2.24) is 10.2 Å². The van der Waals surface area contributed by atoms with Crippen molar-refractivity contribution in [2.75, 3.05) is 26.7 Å². The normalized spacial score (nSPS) is 20.5. The second-order valence-corrected chi connectivity index (χ2v) is 4.49. The van der Waals surface area contributed by atoms with Gasteiger partial charge in [-0.2, -0.15) is 0 Å². The van der Waals surface area contributed by atoms with E-state index in [1.165, 1.54) is 20.0 Å². The van der Waals surface area contributed by atoms with Gasteiger partial charge in [-0.3, -0.25) is 0 Å². The van der Waals surface area contributed by atoms with Crippen LogP contribution < -0.4 is 5.32 Å². The van der Waals surface area contributed by atoms with Crippen molar-refractivity contribution in [2.45, 2.75) is 39.2 Å². The molecular weight excluding hydrogens is 204 g/mol. The Morgan fingerprint density at radius 1 is 1.50 bits per heavy atom. The third-order valence-corrected chi connectivity index (χ3v) is 3.47.